The van der Waals surface area contributed by atoms with Crippen LogP contribution in [-0.2, 0) is 16.0 Å². The molecule has 2 aliphatic rings. The van der Waals surface area contributed by atoms with Crippen molar-refractivity contribution in [1.29, 1.82) is 0 Å². The van der Waals surface area contributed by atoms with Crippen molar-refractivity contribution in [2.45, 2.75) is 50.9 Å². The van der Waals surface area contributed by atoms with Crippen LogP contribution in [0.25, 0.3) is 0 Å². The van der Waals surface area contributed by atoms with Crippen molar-refractivity contribution < 1.29 is 9.47 Å². The molecule has 0 amide bonds. The molecule has 2 saturated heterocycles. The summed E-state index contributed by atoms with van der Waals surface area (Å²) in [6.07, 6.45) is 3.74. The van der Waals surface area contributed by atoms with Crippen LogP contribution in [0.4, 0.5) is 0 Å². The Morgan fingerprint density at radius 3 is 2.86 bits per heavy atom. The van der Waals surface area contributed by atoms with Gasteiger partial charge in [0.15, 0.2) is 5.96 Å². The molecule has 3 unspecified atom stereocenters. The second-order valence-corrected chi connectivity index (χ2v) is 7.57. The van der Waals surface area contributed by atoms with Crippen LogP contribution in [0.1, 0.15) is 31.7 Å². The van der Waals surface area contributed by atoms with E-state index in [4.69, 9.17) is 9.47 Å². The normalized spacial score (nSPS) is 24.0. The third kappa shape index (κ3) is 7.50. The summed E-state index contributed by atoms with van der Waals surface area (Å²) >= 11 is 0. The fourth-order valence-corrected chi connectivity index (χ4v) is 3.76. The first-order valence-corrected chi connectivity index (χ1v) is 10.2. The minimum absolute atomic E-state index is 0. The number of hydrogen-bond acceptors (Lipinski definition) is 4. The van der Waals surface area contributed by atoms with Gasteiger partial charge in [-0.2, -0.15) is 0 Å². The number of nitrogens with one attached hydrogen (secondary N) is 2. The molecule has 2 fully saturated rings. The number of aliphatic imine (C=N–C) groups is 1. The zero-order valence-corrected chi connectivity index (χ0v) is 19.4. The zero-order valence-electron chi connectivity index (χ0n) is 17.1. The highest BCUT2D eigenvalue weighted by Crippen LogP contribution is 2.19. The molecule has 0 spiro atoms. The summed E-state index contributed by atoms with van der Waals surface area (Å²) in [5, 5.41) is 6.94. The van der Waals surface area contributed by atoms with Gasteiger partial charge in [-0.15, -0.1) is 24.0 Å². The van der Waals surface area contributed by atoms with Crippen LogP contribution in [0.5, 0.6) is 0 Å². The number of rotatable bonds is 8. The maximum atomic E-state index is 5.89. The number of hydrogen-bond donors (Lipinski definition) is 2. The molecule has 1 aromatic rings. The summed E-state index contributed by atoms with van der Waals surface area (Å²) in [6, 6.07) is 11.5. The van der Waals surface area contributed by atoms with Gasteiger partial charge in [0.05, 0.1) is 19.3 Å². The first-order chi connectivity index (χ1) is 13.2. The average molecular weight is 502 g/mol. The fraction of sp³-hybridized carbons (Fsp3) is 0.667. The molecule has 158 valence electrons. The van der Waals surface area contributed by atoms with Crippen molar-refractivity contribution in [2.75, 3.05) is 40.0 Å². The summed E-state index contributed by atoms with van der Waals surface area (Å²) in [4.78, 5) is 6.95. The van der Waals surface area contributed by atoms with E-state index in [9.17, 15) is 0 Å². The van der Waals surface area contributed by atoms with E-state index in [2.05, 4.69) is 57.8 Å². The van der Waals surface area contributed by atoms with Crippen LogP contribution in [0.15, 0.2) is 35.3 Å². The Labute approximate surface area is 186 Å². The van der Waals surface area contributed by atoms with Crippen LogP contribution in [0.3, 0.4) is 0 Å². The number of likely N-dealkylation sites (tertiary alicyclic amines) is 1. The van der Waals surface area contributed by atoms with Gasteiger partial charge < -0.3 is 20.1 Å². The lowest BCUT2D eigenvalue weighted by molar-refractivity contribution is 0.0347. The predicted molar refractivity (Wildman–Crippen MR) is 124 cm³/mol. The van der Waals surface area contributed by atoms with E-state index in [0.29, 0.717) is 12.6 Å². The van der Waals surface area contributed by atoms with E-state index >= 15 is 0 Å². The molecule has 3 rings (SSSR count). The first kappa shape index (κ1) is 23.4. The van der Waals surface area contributed by atoms with Crippen LogP contribution in [0, 0.1) is 0 Å². The van der Waals surface area contributed by atoms with Crippen molar-refractivity contribution in [3.05, 3.63) is 35.9 Å². The summed E-state index contributed by atoms with van der Waals surface area (Å²) < 4.78 is 11.2. The van der Waals surface area contributed by atoms with Crippen LogP contribution < -0.4 is 10.6 Å². The number of nitrogens with zero attached hydrogens (tertiary/aromatic N) is 2. The minimum Gasteiger partial charge on any atom is -0.379 e. The summed E-state index contributed by atoms with van der Waals surface area (Å²) in [5.74, 6) is 0.848. The van der Waals surface area contributed by atoms with Crippen LogP contribution >= 0.6 is 24.0 Å². The highest BCUT2D eigenvalue weighted by molar-refractivity contribution is 14.0. The quantitative estimate of drug-likeness (QED) is 0.325. The third-order valence-corrected chi connectivity index (χ3v) is 5.31. The summed E-state index contributed by atoms with van der Waals surface area (Å²) in [7, 11) is 1.82. The molecule has 7 heteroatoms. The Hall–Kier alpha value is -0.900. The standard InChI is InChI=1S/C21H34N4O2.HI/c1-17(15-27-20-10-12-26-16-20)24-21(22-2)23-13-19-9-6-11-25(19)14-18-7-4-3-5-8-18;/h3-5,7-8,17,19-20H,6,9-16H2,1-2H3,(H2,22,23,24);1H. The predicted octanol–water partition coefficient (Wildman–Crippen LogP) is 2.63. The van der Waals surface area contributed by atoms with E-state index in [1.807, 2.05) is 7.05 Å². The third-order valence-electron chi connectivity index (χ3n) is 5.31. The second-order valence-electron chi connectivity index (χ2n) is 7.57. The van der Waals surface area contributed by atoms with Crippen LogP contribution in [0.2, 0.25) is 0 Å². The monoisotopic (exact) mass is 502 g/mol. The maximum Gasteiger partial charge on any atom is 0.191 e. The van der Waals surface area contributed by atoms with Gasteiger partial charge in [-0.3, -0.25) is 9.89 Å². The SMILES string of the molecule is CN=C(NCC1CCCN1Cc1ccccc1)NC(C)COC1CCOC1.I. The molecule has 0 radical (unpaired) electrons. The van der Waals surface area contributed by atoms with Crippen molar-refractivity contribution in [1.82, 2.24) is 15.5 Å². The second kappa shape index (κ2) is 12.6. The van der Waals surface area contributed by atoms with E-state index in [1.54, 1.807) is 0 Å². The zero-order chi connectivity index (χ0) is 18.9. The minimum atomic E-state index is 0. The number of guanidine groups is 1. The molecule has 0 aliphatic carbocycles. The number of benzene rings is 1. The molecule has 0 aromatic heterocycles. The molecule has 1 aromatic carbocycles. The largest absolute Gasteiger partial charge is 0.379 e. The van der Waals surface area contributed by atoms with Gasteiger partial charge in [0.2, 0.25) is 0 Å². The lowest BCUT2D eigenvalue weighted by Crippen LogP contribution is -2.48. The topological polar surface area (TPSA) is 58.1 Å². The molecular weight excluding hydrogens is 467 g/mol. The van der Waals surface area contributed by atoms with E-state index < -0.39 is 0 Å². The molecule has 2 aliphatic heterocycles. The smallest absolute Gasteiger partial charge is 0.191 e. The van der Waals surface area contributed by atoms with Gasteiger partial charge >= 0.3 is 0 Å². The molecule has 0 bridgehead atoms. The fourth-order valence-electron chi connectivity index (χ4n) is 3.76. The lowest BCUT2D eigenvalue weighted by Gasteiger charge is -2.26. The van der Waals surface area contributed by atoms with Crippen molar-refractivity contribution in [3.63, 3.8) is 0 Å². The van der Waals surface area contributed by atoms with Crippen molar-refractivity contribution in [2.24, 2.45) is 4.99 Å². The Balaban J connectivity index is 0.00000280. The maximum absolute atomic E-state index is 5.89. The Morgan fingerprint density at radius 2 is 2.14 bits per heavy atom. The Morgan fingerprint density at radius 1 is 1.32 bits per heavy atom. The highest BCUT2D eigenvalue weighted by Gasteiger charge is 2.24. The molecule has 3 atom stereocenters. The van der Waals surface area contributed by atoms with Gasteiger partial charge in [0.1, 0.15) is 0 Å². The first-order valence-electron chi connectivity index (χ1n) is 10.2. The molecule has 0 saturated carbocycles. The van der Waals surface area contributed by atoms with E-state index in [0.717, 1.165) is 38.7 Å². The average Bonchev–Trinajstić information content (AvgIpc) is 3.36. The number of halogens is 1. The molecule has 28 heavy (non-hydrogen) atoms. The molecular formula is C21H35IN4O2. The summed E-state index contributed by atoms with van der Waals surface area (Å²) in [6.45, 7) is 7.43. The lowest BCUT2D eigenvalue weighted by atomic mass is 10.2. The van der Waals surface area contributed by atoms with Gasteiger partial charge in [-0.05, 0) is 38.3 Å². The van der Waals surface area contributed by atoms with Gasteiger partial charge in [0, 0.05) is 38.8 Å². The van der Waals surface area contributed by atoms with Crippen molar-refractivity contribution in [3.8, 4) is 0 Å². The van der Waals surface area contributed by atoms with Gasteiger partial charge in [0.25, 0.3) is 0 Å². The van der Waals surface area contributed by atoms with E-state index in [-0.39, 0.29) is 36.1 Å². The molecule has 2 heterocycles. The van der Waals surface area contributed by atoms with Gasteiger partial charge in [-0.1, -0.05) is 30.3 Å². The molecule has 2 N–H and O–H groups in total. The Kier molecular flexibility index (Phi) is 10.5. The van der Waals surface area contributed by atoms with E-state index in [1.165, 1.54) is 24.9 Å². The van der Waals surface area contributed by atoms with Crippen LogP contribution in [-0.4, -0.2) is 69.0 Å². The highest BCUT2D eigenvalue weighted by atomic mass is 127. The number of ether oxygens (including phenoxy) is 2. The van der Waals surface area contributed by atoms with Gasteiger partial charge in [-0.25, -0.2) is 0 Å². The van der Waals surface area contributed by atoms with Crippen molar-refractivity contribution >= 4 is 29.9 Å². The Bertz CT molecular complexity index is 581. The summed E-state index contributed by atoms with van der Waals surface area (Å²) in [5.41, 5.74) is 1.38. The molecule has 6 nitrogen and oxygen atoms in total.